The summed E-state index contributed by atoms with van der Waals surface area (Å²) >= 11 is 0. The van der Waals surface area contributed by atoms with Crippen LogP contribution in [-0.2, 0) is 0 Å². The molecule has 0 saturated carbocycles. The van der Waals surface area contributed by atoms with Crippen LogP contribution < -0.4 is 11.1 Å². The van der Waals surface area contributed by atoms with Crippen molar-refractivity contribution in [2.45, 2.75) is 0 Å². The van der Waals surface area contributed by atoms with Gasteiger partial charge in [-0.2, -0.15) is 5.10 Å². The number of rotatable bonds is 2. The second-order valence-corrected chi connectivity index (χ2v) is 4.17. The molecule has 0 radical (unpaired) electrons. The first-order valence-electron chi connectivity index (χ1n) is 5.98. The fourth-order valence-corrected chi connectivity index (χ4v) is 1.94. The molecule has 1 aromatic carbocycles. The quantitative estimate of drug-likeness (QED) is 0.737. The van der Waals surface area contributed by atoms with E-state index in [1.54, 1.807) is 18.2 Å². The van der Waals surface area contributed by atoms with Gasteiger partial charge in [0.15, 0.2) is 5.82 Å². The number of hydrogen-bond donors (Lipinski definition) is 2. The Bertz CT molecular complexity index is 773. The third-order valence-electron chi connectivity index (χ3n) is 2.79. The summed E-state index contributed by atoms with van der Waals surface area (Å²) in [6, 6.07) is 12.2. The Morgan fingerprint density at radius 1 is 1.15 bits per heavy atom. The molecule has 0 bridgehead atoms. The number of nitrogen functional groups attached to an aromatic ring is 1. The molecule has 2 heterocycles. The summed E-state index contributed by atoms with van der Waals surface area (Å²) < 4.78 is 0. The van der Waals surface area contributed by atoms with Crippen LogP contribution in [0.4, 0.5) is 11.6 Å². The van der Waals surface area contributed by atoms with E-state index in [1.165, 1.54) is 6.20 Å². The van der Waals surface area contributed by atoms with E-state index in [0.717, 1.165) is 5.39 Å². The second kappa shape index (κ2) is 4.93. The summed E-state index contributed by atoms with van der Waals surface area (Å²) in [5.41, 5.74) is 6.87. The number of carbonyl (C=O) groups is 1. The maximum Gasteiger partial charge on any atom is 0.257 e. The third-order valence-corrected chi connectivity index (χ3v) is 2.79. The first kappa shape index (κ1) is 12.0. The van der Waals surface area contributed by atoms with Crippen molar-refractivity contribution in [3.8, 4) is 0 Å². The predicted octanol–water partition coefficient (Wildman–Crippen LogP) is 1.86. The molecule has 6 heteroatoms. The van der Waals surface area contributed by atoms with E-state index in [2.05, 4.69) is 20.5 Å². The number of aromatic nitrogens is 3. The minimum absolute atomic E-state index is 0.296. The number of pyridine rings is 1. The molecule has 0 aliphatic rings. The van der Waals surface area contributed by atoms with Crippen LogP contribution in [0.15, 0.2) is 48.7 Å². The monoisotopic (exact) mass is 265 g/mol. The zero-order chi connectivity index (χ0) is 13.9. The van der Waals surface area contributed by atoms with Gasteiger partial charge in [0, 0.05) is 11.6 Å². The van der Waals surface area contributed by atoms with E-state index in [9.17, 15) is 4.79 Å². The van der Waals surface area contributed by atoms with Crippen molar-refractivity contribution in [1.29, 1.82) is 0 Å². The zero-order valence-electron chi connectivity index (χ0n) is 10.4. The molecule has 0 aliphatic carbocycles. The number of amides is 1. The van der Waals surface area contributed by atoms with Crippen LogP contribution in [0.3, 0.4) is 0 Å². The van der Waals surface area contributed by atoms with Crippen molar-refractivity contribution in [3.05, 3.63) is 54.2 Å². The Hall–Kier alpha value is -3.02. The molecule has 3 aromatic rings. The van der Waals surface area contributed by atoms with Gasteiger partial charge in [0.2, 0.25) is 0 Å². The lowest BCUT2D eigenvalue weighted by Gasteiger charge is -2.07. The van der Waals surface area contributed by atoms with Gasteiger partial charge in [0.1, 0.15) is 5.82 Å². The lowest BCUT2D eigenvalue weighted by molar-refractivity contribution is 0.102. The van der Waals surface area contributed by atoms with E-state index >= 15 is 0 Å². The number of fused-ring (bicyclic) bond motifs is 1. The van der Waals surface area contributed by atoms with E-state index in [-0.39, 0.29) is 5.91 Å². The average molecular weight is 265 g/mol. The molecule has 0 aliphatic heterocycles. The minimum Gasteiger partial charge on any atom is -0.384 e. The highest BCUT2D eigenvalue weighted by Crippen LogP contribution is 2.20. The Balaban J connectivity index is 2.03. The summed E-state index contributed by atoms with van der Waals surface area (Å²) in [6.45, 7) is 0. The number of para-hydroxylation sites is 1. The number of nitrogens with two attached hydrogens (primary N) is 1. The van der Waals surface area contributed by atoms with Crippen molar-refractivity contribution in [2.75, 3.05) is 11.1 Å². The summed E-state index contributed by atoms with van der Waals surface area (Å²) in [7, 11) is 0. The molecular formula is C14H11N5O. The Morgan fingerprint density at radius 3 is 2.80 bits per heavy atom. The normalized spacial score (nSPS) is 10.4. The highest BCUT2D eigenvalue weighted by atomic mass is 16.1. The lowest BCUT2D eigenvalue weighted by Crippen LogP contribution is -2.14. The highest BCUT2D eigenvalue weighted by Gasteiger charge is 2.12. The second-order valence-electron chi connectivity index (χ2n) is 4.17. The summed E-state index contributed by atoms with van der Waals surface area (Å²) in [4.78, 5) is 16.5. The maximum absolute atomic E-state index is 12.3. The summed E-state index contributed by atoms with van der Waals surface area (Å²) in [6.07, 6.45) is 1.54. The van der Waals surface area contributed by atoms with Gasteiger partial charge in [-0.15, -0.1) is 5.10 Å². The van der Waals surface area contributed by atoms with Gasteiger partial charge in [-0.25, -0.2) is 4.98 Å². The molecule has 2 aromatic heterocycles. The van der Waals surface area contributed by atoms with Gasteiger partial charge in [-0.3, -0.25) is 4.79 Å². The largest absolute Gasteiger partial charge is 0.384 e. The summed E-state index contributed by atoms with van der Waals surface area (Å²) in [5, 5.41) is 10.9. The molecule has 20 heavy (non-hydrogen) atoms. The van der Waals surface area contributed by atoms with Crippen LogP contribution in [0.25, 0.3) is 10.9 Å². The molecule has 6 nitrogen and oxygen atoms in total. The molecule has 3 rings (SSSR count). The number of nitrogens with one attached hydrogen (secondary N) is 1. The van der Waals surface area contributed by atoms with E-state index in [1.807, 2.05) is 24.3 Å². The third kappa shape index (κ3) is 2.26. The van der Waals surface area contributed by atoms with Crippen LogP contribution in [0.1, 0.15) is 10.4 Å². The first-order valence-corrected chi connectivity index (χ1v) is 5.98. The van der Waals surface area contributed by atoms with Crippen LogP contribution >= 0.6 is 0 Å². The van der Waals surface area contributed by atoms with Gasteiger partial charge in [-0.05, 0) is 24.3 Å². The zero-order valence-corrected chi connectivity index (χ0v) is 10.4. The molecule has 0 atom stereocenters. The molecule has 0 fully saturated rings. The highest BCUT2D eigenvalue weighted by molar-refractivity contribution is 6.12. The lowest BCUT2D eigenvalue weighted by atomic mass is 10.1. The maximum atomic E-state index is 12.3. The molecule has 3 N–H and O–H groups in total. The Morgan fingerprint density at radius 2 is 2.00 bits per heavy atom. The van der Waals surface area contributed by atoms with Crippen LogP contribution in [0, 0.1) is 0 Å². The number of carbonyl (C=O) groups excluding carboxylic acids is 1. The SMILES string of the molecule is Nc1cc(C(=O)Nc2cccnn2)c2ccccc2n1. The molecular weight excluding hydrogens is 254 g/mol. The standard InChI is InChI=1S/C14H11N5O/c15-12-8-10(9-4-1-2-5-11(9)17-12)14(20)18-13-6-3-7-16-19-13/h1-8H,(H2,15,17)(H,18,19,20). The summed E-state index contributed by atoms with van der Waals surface area (Å²) in [5.74, 6) is 0.390. The van der Waals surface area contributed by atoms with Gasteiger partial charge in [-0.1, -0.05) is 18.2 Å². The van der Waals surface area contributed by atoms with Gasteiger partial charge >= 0.3 is 0 Å². The number of benzene rings is 1. The molecule has 98 valence electrons. The van der Waals surface area contributed by atoms with Crippen molar-refractivity contribution in [2.24, 2.45) is 0 Å². The number of hydrogen-bond acceptors (Lipinski definition) is 5. The van der Waals surface area contributed by atoms with Gasteiger partial charge in [0.05, 0.1) is 11.1 Å². The minimum atomic E-state index is -0.296. The number of anilines is 2. The molecule has 0 saturated heterocycles. The molecule has 0 spiro atoms. The number of nitrogens with zero attached hydrogens (tertiary/aromatic N) is 3. The van der Waals surface area contributed by atoms with Crippen LogP contribution in [0.2, 0.25) is 0 Å². The first-order chi connectivity index (χ1) is 9.74. The van der Waals surface area contributed by atoms with Gasteiger partial charge in [0.25, 0.3) is 5.91 Å². The fourth-order valence-electron chi connectivity index (χ4n) is 1.94. The smallest absolute Gasteiger partial charge is 0.257 e. The van der Waals surface area contributed by atoms with Crippen molar-refractivity contribution in [1.82, 2.24) is 15.2 Å². The van der Waals surface area contributed by atoms with E-state index in [0.29, 0.717) is 22.7 Å². The molecule has 1 amide bonds. The average Bonchev–Trinajstić information content (AvgIpc) is 2.47. The predicted molar refractivity (Wildman–Crippen MR) is 76.1 cm³/mol. The van der Waals surface area contributed by atoms with Gasteiger partial charge < -0.3 is 11.1 Å². The van der Waals surface area contributed by atoms with Crippen LogP contribution in [-0.4, -0.2) is 21.1 Å². The van der Waals surface area contributed by atoms with E-state index < -0.39 is 0 Å². The Labute approximate surface area is 114 Å². The fraction of sp³-hybridized carbons (Fsp3) is 0. The van der Waals surface area contributed by atoms with Crippen LogP contribution in [0.5, 0.6) is 0 Å². The van der Waals surface area contributed by atoms with Crippen molar-refractivity contribution in [3.63, 3.8) is 0 Å². The molecule has 0 unspecified atom stereocenters. The van der Waals surface area contributed by atoms with Crippen molar-refractivity contribution < 1.29 is 4.79 Å². The Kier molecular flexibility index (Phi) is 2.96. The van der Waals surface area contributed by atoms with Crippen molar-refractivity contribution >= 4 is 28.4 Å². The van der Waals surface area contributed by atoms with E-state index in [4.69, 9.17) is 5.73 Å². The topological polar surface area (TPSA) is 93.8 Å².